The second kappa shape index (κ2) is 5.87. The van der Waals surface area contributed by atoms with Gasteiger partial charge in [-0.2, -0.15) is 18.3 Å². The first-order valence-corrected chi connectivity index (χ1v) is 7.74. The van der Waals surface area contributed by atoms with Crippen LogP contribution >= 0.6 is 0 Å². The molecule has 0 radical (unpaired) electrons. The number of alkyl halides is 3. The third kappa shape index (κ3) is 2.88. The number of aromatic hydroxyl groups is 1. The number of fused-ring (bicyclic) bond motifs is 1. The minimum absolute atomic E-state index is 0.105. The van der Waals surface area contributed by atoms with E-state index in [1.807, 2.05) is 0 Å². The maximum Gasteiger partial charge on any atom is 0.416 e. The zero-order valence-corrected chi connectivity index (χ0v) is 13.3. The molecular weight excluding hydrogens is 343 g/mol. The quantitative estimate of drug-likeness (QED) is 0.563. The average Bonchev–Trinajstić information content (AvgIpc) is 3.04. The number of hydrogen-bond donors (Lipinski definition) is 1. The van der Waals surface area contributed by atoms with E-state index in [-0.39, 0.29) is 5.75 Å². The largest absolute Gasteiger partial charge is 0.508 e. The van der Waals surface area contributed by atoms with Crippen molar-refractivity contribution in [2.75, 3.05) is 0 Å². The Kier molecular flexibility index (Phi) is 3.64. The molecule has 0 amide bonds. The number of rotatable bonds is 2. The summed E-state index contributed by atoms with van der Waals surface area (Å²) in [5.41, 5.74) is 1.87. The molecule has 0 saturated carbocycles. The average molecular weight is 355 g/mol. The van der Waals surface area contributed by atoms with Crippen LogP contribution in [0.3, 0.4) is 0 Å². The van der Waals surface area contributed by atoms with E-state index in [2.05, 4.69) is 10.1 Å². The van der Waals surface area contributed by atoms with E-state index in [9.17, 15) is 18.3 Å². The maximum atomic E-state index is 13.0. The van der Waals surface area contributed by atoms with E-state index in [1.54, 1.807) is 42.5 Å². The SMILES string of the molecule is Oc1cccc(-c2ccc3ncc(-c4cccc(C(F)(F)F)c4)n3n2)c1. The minimum Gasteiger partial charge on any atom is -0.508 e. The van der Waals surface area contributed by atoms with Crippen LogP contribution in [0.4, 0.5) is 13.2 Å². The van der Waals surface area contributed by atoms with Crippen LogP contribution in [-0.2, 0) is 6.18 Å². The molecule has 0 aliphatic heterocycles. The van der Waals surface area contributed by atoms with E-state index in [1.165, 1.54) is 16.8 Å². The number of imidazole rings is 1. The van der Waals surface area contributed by atoms with Crippen molar-refractivity contribution in [2.24, 2.45) is 0 Å². The standard InChI is InChI=1S/C19H12F3N3O/c20-19(21,22)14-5-1-4-13(9-14)17-11-23-18-8-7-16(24-25(17)18)12-3-2-6-15(26)10-12/h1-11,26H. The number of halogens is 3. The number of hydrogen-bond acceptors (Lipinski definition) is 3. The van der Waals surface area contributed by atoms with Gasteiger partial charge < -0.3 is 5.11 Å². The van der Waals surface area contributed by atoms with Crippen LogP contribution in [0, 0.1) is 0 Å². The Hall–Kier alpha value is -3.35. The number of phenolic OH excluding ortho intramolecular Hbond substituents is 1. The highest BCUT2D eigenvalue weighted by atomic mass is 19.4. The van der Waals surface area contributed by atoms with Gasteiger partial charge in [0, 0.05) is 11.1 Å². The number of benzene rings is 2. The predicted molar refractivity (Wildman–Crippen MR) is 90.5 cm³/mol. The highest BCUT2D eigenvalue weighted by Gasteiger charge is 2.30. The molecule has 4 nitrogen and oxygen atoms in total. The lowest BCUT2D eigenvalue weighted by Crippen LogP contribution is -2.05. The van der Waals surface area contributed by atoms with Crippen molar-refractivity contribution in [3.63, 3.8) is 0 Å². The molecule has 2 aromatic heterocycles. The van der Waals surface area contributed by atoms with Crippen LogP contribution in [0.25, 0.3) is 28.2 Å². The van der Waals surface area contributed by atoms with Gasteiger partial charge in [0.1, 0.15) is 5.75 Å². The Balaban J connectivity index is 1.86. The molecule has 1 N–H and O–H groups in total. The second-order valence-electron chi connectivity index (χ2n) is 5.76. The first-order valence-electron chi connectivity index (χ1n) is 7.74. The lowest BCUT2D eigenvalue weighted by atomic mass is 10.1. The molecule has 2 aromatic carbocycles. The van der Waals surface area contributed by atoms with Gasteiger partial charge in [0.05, 0.1) is 23.1 Å². The van der Waals surface area contributed by atoms with Crippen molar-refractivity contribution in [2.45, 2.75) is 6.18 Å². The lowest BCUT2D eigenvalue weighted by molar-refractivity contribution is -0.137. The van der Waals surface area contributed by atoms with Crippen molar-refractivity contribution in [1.29, 1.82) is 0 Å². The summed E-state index contributed by atoms with van der Waals surface area (Å²) in [6.07, 6.45) is -2.93. The molecule has 0 unspecified atom stereocenters. The summed E-state index contributed by atoms with van der Waals surface area (Å²) < 4.78 is 40.4. The van der Waals surface area contributed by atoms with E-state index in [4.69, 9.17) is 0 Å². The molecule has 0 spiro atoms. The van der Waals surface area contributed by atoms with Crippen LogP contribution in [0.2, 0.25) is 0 Å². The monoisotopic (exact) mass is 355 g/mol. The van der Waals surface area contributed by atoms with Crippen molar-refractivity contribution in [1.82, 2.24) is 14.6 Å². The van der Waals surface area contributed by atoms with Crippen molar-refractivity contribution < 1.29 is 18.3 Å². The summed E-state index contributed by atoms with van der Waals surface area (Å²) in [5.74, 6) is 0.105. The fourth-order valence-corrected chi connectivity index (χ4v) is 2.74. The Labute approximate surface area is 146 Å². The van der Waals surface area contributed by atoms with Crippen LogP contribution in [-0.4, -0.2) is 19.7 Å². The van der Waals surface area contributed by atoms with Crippen LogP contribution in [0.15, 0.2) is 66.9 Å². The normalized spacial score (nSPS) is 11.8. The van der Waals surface area contributed by atoms with Crippen molar-refractivity contribution in [3.8, 4) is 28.3 Å². The van der Waals surface area contributed by atoms with Gasteiger partial charge in [-0.25, -0.2) is 9.50 Å². The summed E-state index contributed by atoms with van der Waals surface area (Å²) in [6.45, 7) is 0. The number of phenols is 1. The maximum absolute atomic E-state index is 13.0. The third-order valence-corrected chi connectivity index (χ3v) is 3.99. The third-order valence-electron chi connectivity index (χ3n) is 3.99. The van der Waals surface area contributed by atoms with Crippen LogP contribution in [0.5, 0.6) is 5.75 Å². The molecule has 0 saturated heterocycles. The summed E-state index contributed by atoms with van der Waals surface area (Å²) in [5, 5.41) is 14.1. The summed E-state index contributed by atoms with van der Waals surface area (Å²) in [6, 6.07) is 15.1. The summed E-state index contributed by atoms with van der Waals surface area (Å²) in [4.78, 5) is 4.21. The molecule has 0 aliphatic rings. The zero-order valence-electron chi connectivity index (χ0n) is 13.3. The molecular formula is C19H12F3N3O. The fourth-order valence-electron chi connectivity index (χ4n) is 2.74. The van der Waals surface area contributed by atoms with Crippen molar-refractivity contribution >= 4 is 5.65 Å². The van der Waals surface area contributed by atoms with Crippen LogP contribution < -0.4 is 0 Å². The van der Waals surface area contributed by atoms with Gasteiger partial charge >= 0.3 is 6.18 Å². The summed E-state index contributed by atoms with van der Waals surface area (Å²) in [7, 11) is 0. The van der Waals surface area contributed by atoms with Gasteiger partial charge in [-0.1, -0.05) is 24.3 Å². The van der Waals surface area contributed by atoms with E-state index in [0.717, 1.165) is 12.1 Å². The second-order valence-corrected chi connectivity index (χ2v) is 5.76. The minimum atomic E-state index is -4.42. The lowest BCUT2D eigenvalue weighted by Gasteiger charge is -2.09. The van der Waals surface area contributed by atoms with Gasteiger partial charge in [0.15, 0.2) is 5.65 Å². The summed E-state index contributed by atoms with van der Waals surface area (Å²) >= 11 is 0. The number of nitrogens with zero attached hydrogens (tertiary/aromatic N) is 3. The molecule has 7 heteroatoms. The fraction of sp³-hybridized carbons (Fsp3) is 0.0526. The first kappa shape index (κ1) is 16.1. The van der Waals surface area contributed by atoms with E-state index >= 15 is 0 Å². The predicted octanol–water partition coefficient (Wildman–Crippen LogP) is 4.79. The van der Waals surface area contributed by atoms with E-state index < -0.39 is 11.7 Å². The smallest absolute Gasteiger partial charge is 0.416 e. The molecule has 130 valence electrons. The van der Waals surface area contributed by atoms with Gasteiger partial charge in [0.2, 0.25) is 0 Å². The van der Waals surface area contributed by atoms with Gasteiger partial charge in [-0.3, -0.25) is 0 Å². The molecule has 0 fully saturated rings. The Morgan fingerprint density at radius 1 is 0.885 bits per heavy atom. The zero-order chi connectivity index (χ0) is 18.3. The Morgan fingerprint density at radius 3 is 2.42 bits per heavy atom. The van der Waals surface area contributed by atoms with Crippen LogP contribution in [0.1, 0.15) is 5.56 Å². The molecule has 4 aromatic rings. The molecule has 0 aliphatic carbocycles. The molecule has 0 atom stereocenters. The van der Waals surface area contributed by atoms with Crippen molar-refractivity contribution in [3.05, 3.63) is 72.4 Å². The molecule has 2 heterocycles. The highest BCUT2D eigenvalue weighted by molar-refractivity contribution is 5.67. The van der Waals surface area contributed by atoms with Gasteiger partial charge in [-0.15, -0.1) is 0 Å². The number of aromatic nitrogens is 3. The molecule has 4 rings (SSSR count). The Bertz CT molecular complexity index is 1100. The van der Waals surface area contributed by atoms with Gasteiger partial charge in [0.25, 0.3) is 0 Å². The Morgan fingerprint density at radius 2 is 1.65 bits per heavy atom. The molecule has 0 bridgehead atoms. The first-order chi connectivity index (χ1) is 12.4. The molecule has 26 heavy (non-hydrogen) atoms. The highest BCUT2D eigenvalue weighted by Crippen LogP contribution is 2.32. The topological polar surface area (TPSA) is 50.4 Å². The van der Waals surface area contributed by atoms with Gasteiger partial charge in [-0.05, 0) is 36.4 Å². The van der Waals surface area contributed by atoms with E-state index in [0.29, 0.717) is 28.2 Å².